The van der Waals surface area contributed by atoms with Crippen molar-refractivity contribution >= 4 is 0 Å². The summed E-state index contributed by atoms with van der Waals surface area (Å²) >= 11 is 0. The van der Waals surface area contributed by atoms with E-state index in [-0.39, 0.29) is 6.04 Å². The molecule has 1 heteroatoms. The van der Waals surface area contributed by atoms with Gasteiger partial charge in [0.05, 0.1) is 6.04 Å². The van der Waals surface area contributed by atoms with E-state index in [1.165, 1.54) is 36.0 Å². The van der Waals surface area contributed by atoms with Gasteiger partial charge in [-0.25, -0.2) is 0 Å². The smallest absolute Gasteiger partial charge is 0.0551 e. The Bertz CT molecular complexity index is 514. The first-order valence-corrected chi connectivity index (χ1v) is 6.75. The van der Waals surface area contributed by atoms with Gasteiger partial charge in [0, 0.05) is 0 Å². The first-order chi connectivity index (χ1) is 8.84. The molecule has 0 radical (unpaired) electrons. The van der Waals surface area contributed by atoms with Crippen LogP contribution in [0.1, 0.15) is 47.9 Å². The van der Waals surface area contributed by atoms with Crippen LogP contribution in [0.15, 0.2) is 54.6 Å². The Kier molecular flexibility index (Phi) is 3.16. The minimum absolute atomic E-state index is 0.00812. The number of benzene rings is 2. The van der Waals surface area contributed by atoms with Gasteiger partial charge in [0.1, 0.15) is 0 Å². The summed E-state index contributed by atoms with van der Waals surface area (Å²) in [5.41, 5.74) is 10.2. The molecule has 1 aliphatic rings. The van der Waals surface area contributed by atoms with Crippen LogP contribution in [-0.2, 0) is 0 Å². The van der Waals surface area contributed by atoms with Crippen LogP contribution in [0.2, 0.25) is 0 Å². The average molecular weight is 237 g/mol. The summed E-state index contributed by atoms with van der Waals surface area (Å²) < 4.78 is 0. The third kappa shape index (κ3) is 2.19. The zero-order valence-corrected chi connectivity index (χ0v) is 10.5. The van der Waals surface area contributed by atoms with E-state index in [4.69, 9.17) is 5.73 Å². The average Bonchev–Trinajstić information content (AvgIpc) is 2.37. The molecule has 1 fully saturated rings. The van der Waals surface area contributed by atoms with Gasteiger partial charge in [-0.2, -0.15) is 0 Å². The molecule has 0 bridgehead atoms. The molecule has 2 aromatic carbocycles. The quantitative estimate of drug-likeness (QED) is 0.857. The fourth-order valence-electron chi connectivity index (χ4n) is 2.60. The van der Waals surface area contributed by atoms with Crippen LogP contribution in [0.4, 0.5) is 0 Å². The highest BCUT2D eigenvalue weighted by atomic mass is 14.6. The molecule has 1 atom stereocenters. The molecule has 0 saturated heterocycles. The molecule has 92 valence electrons. The lowest BCUT2D eigenvalue weighted by atomic mass is 9.79. The molecule has 1 saturated carbocycles. The maximum atomic E-state index is 6.34. The van der Waals surface area contributed by atoms with Crippen molar-refractivity contribution in [1.29, 1.82) is 0 Å². The summed E-state index contributed by atoms with van der Waals surface area (Å²) in [6, 6.07) is 19.1. The van der Waals surface area contributed by atoms with Gasteiger partial charge in [0.25, 0.3) is 0 Å². The molecular weight excluding hydrogens is 218 g/mol. The monoisotopic (exact) mass is 237 g/mol. The molecule has 1 aliphatic carbocycles. The molecule has 0 aromatic heterocycles. The van der Waals surface area contributed by atoms with Crippen molar-refractivity contribution in [2.24, 2.45) is 5.73 Å². The Labute approximate surface area is 109 Å². The van der Waals surface area contributed by atoms with E-state index in [9.17, 15) is 0 Å². The van der Waals surface area contributed by atoms with Crippen LogP contribution in [0.25, 0.3) is 0 Å². The molecule has 0 spiro atoms. The van der Waals surface area contributed by atoms with Crippen molar-refractivity contribution in [3.8, 4) is 0 Å². The van der Waals surface area contributed by atoms with Crippen LogP contribution in [0.3, 0.4) is 0 Å². The highest BCUT2D eigenvalue weighted by Gasteiger charge is 2.20. The predicted molar refractivity (Wildman–Crippen MR) is 75.5 cm³/mol. The molecular formula is C17H19N. The van der Waals surface area contributed by atoms with Crippen LogP contribution in [-0.4, -0.2) is 0 Å². The van der Waals surface area contributed by atoms with Gasteiger partial charge in [-0.15, -0.1) is 0 Å². The molecule has 0 amide bonds. The van der Waals surface area contributed by atoms with E-state index < -0.39 is 0 Å². The third-order valence-electron chi connectivity index (χ3n) is 4.01. The molecule has 0 aliphatic heterocycles. The highest BCUT2D eigenvalue weighted by molar-refractivity contribution is 5.35. The summed E-state index contributed by atoms with van der Waals surface area (Å²) in [5.74, 6) is 0.771. The van der Waals surface area contributed by atoms with Crippen molar-refractivity contribution in [2.75, 3.05) is 0 Å². The second-order valence-corrected chi connectivity index (χ2v) is 5.19. The Hall–Kier alpha value is -1.60. The van der Waals surface area contributed by atoms with Gasteiger partial charge in [-0.1, -0.05) is 61.0 Å². The van der Waals surface area contributed by atoms with Crippen LogP contribution in [0.5, 0.6) is 0 Å². The first kappa shape index (κ1) is 11.5. The van der Waals surface area contributed by atoms with E-state index in [1.807, 2.05) is 18.2 Å². The summed E-state index contributed by atoms with van der Waals surface area (Å²) in [6.45, 7) is 0. The highest BCUT2D eigenvalue weighted by Crippen LogP contribution is 2.37. The Morgan fingerprint density at radius 2 is 1.61 bits per heavy atom. The minimum atomic E-state index is -0.00812. The largest absolute Gasteiger partial charge is 0.320 e. The van der Waals surface area contributed by atoms with Crippen LogP contribution in [0, 0.1) is 0 Å². The van der Waals surface area contributed by atoms with Crippen molar-refractivity contribution in [3.05, 3.63) is 71.3 Å². The molecule has 1 unspecified atom stereocenters. The van der Waals surface area contributed by atoms with Crippen LogP contribution >= 0.6 is 0 Å². The molecule has 18 heavy (non-hydrogen) atoms. The van der Waals surface area contributed by atoms with Gasteiger partial charge in [0.2, 0.25) is 0 Å². The topological polar surface area (TPSA) is 26.0 Å². The van der Waals surface area contributed by atoms with E-state index in [0.717, 1.165) is 5.92 Å². The predicted octanol–water partition coefficient (Wildman–Crippen LogP) is 4.00. The number of hydrogen-bond acceptors (Lipinski definition) is 1. The Morgan fingerprint density at radius 3 is 2.28 bits per heavy atom. The van der Waals surface area contributed by atoms with Crippen molar-refractivity contribution in [2.45, 2.75) is 31.2 Å². The number of hydrogen-bond donors (Lipinski definition) is 1. The molecule has 1 nitrogen and oxygen atoms in total. The third-order valence-corrected chi connectivity index (χ3v) is 4.01. The van der Waals surface area contributed by atoms with Gasteiger partial charge >= 0.3 is 0 Å². The maximum absolute atomic E-state index is 6.34. The number of nitrogens with two attached hydrogens (primary N) is 1. The van der Waals surface area contributed by atoms with Crippen molar-refractivity contribution in [1.82, 2.24) is 0 Å². The fraction of sp³-hybridized carbons (Fsp3) is 0.294. The normalized spacial score (nSPS) is 17.2. The van der Waals surface area contributed by atoms with E-state index in [2.05, 4.69) is 36.4 Å². The van der Waals surface area contributed by atoms with E-state index in [1.54, 1.807) is 0 Å². The number of rotatable bonds is 3. The lowest BCUT2D eigenvalue weighted by Crippen LogP contribution is -2.14. The molecule has 2 aromatic rings. The Morgan fingerprint density at radius 1 is 0.889 bits per heavy atom. The van der Waals surface area contributed by atoms with Crippen molar-refractivity contribution in [3.63, 3.8) is 0 Å². The van der Waals surface area contributed by atoms with E-state index >= 15 is 0 Å². The second kappa shape index (κ2) is 4.95. The van der Waals surface area contributed by atoms with Gasteiger partial charge in [0.15, 0.2) is 0 Å². The van der Waals surface area contributed by atoms with Gasteiger partial charge in [-0.05, 0) is 35.4 Å². The van der Waals surface area contributed by atoms with Crippen molar-refractivity contribution < 1.29 is 0 Å². The lowest BCUT2D eigenvalue weighted by molar-refractivity contribution is 0.419. The summed E-state index contributed by atoms with van der Waals surface area (Å²) in [4.78, 5) is 0. The zero-order valence-electron chi connectivity index (χ0n) is 10.5. The summed E-state index contributed by atoms with van der Waals surface area (Å²) in [7, 11) is 0. The second-order valence-electron chi connectivity index (χ2n) is 5.19. The zero-order chi connectivity index (χ0) is 12.4. The first-order valence-electron chi connectivity index (χ1n) is 6.75. The maximum Gasteiger partial charge on any atom is 0.0551 e. The standard InChI is InChI=1S/C17H19N/c18-17(14-6-2-1-3-7-14)16-11-5-10-15(12-16)13-8-4-9-13/h1-3,5-7,10-13,17H,4,8-9,18H2. The fourth-order valence-corrected chi connectivity index (χ4v) is 2.60. The van der Waals surface area contributed by atoms with Gasteiger partial charge in [-0.3, -0.25) is 0 Å². The summed E-state index contributed by atoms with van der Waals surface area (Å²) in [5, 5.41) is 0. The SMILES string of the molecule is NC(c1ccccc1)c1cccc(C2CCC2)c1. The molecule has 2 N–H and O–H groups in total. The van der Waals surface area contributed by atoms with E-state index in [0.29, 0.717) is 0 Å². The van der Waals surface area contributed by atoms with Gasteiger partial charge < -0.3 is 5.73 Å². The summed E-state index contributed by atoms with van der Waals surface area (Å²) in [6.07, 6.45) is 4.05. The molecule has 0 heterocycles. The van der Waals surface area contributed by atoms with Crippen LogP contribution < -0.4 is 5.73 Å². The lowest BCUT2D eigenvalue weighted by Gasteiger charge is -2.26. The minimum Gasteiger partial charge on any atom is -0.320 e. The Balaban J connectivity index is 1.87. The molecule has 3 rings (SSSR count).